The highest BCUT2D eigenvalue weighted by Gasteiger charge is 2.50. The summed E-state index contributed by atoms with van der Waals surface area (Å²) in [6.07, 6.45) is 2.74. The lowest BCUT2D eigenvalue weighted by Gasteiger charge is -2.46. The minimum Gasteiger partial charge on any atom is -0.478 e. The number of amides is 2. The number of oxime groups is 1. The number of carbonyl (C=O) groups excluding carboxylic acids is 2. The highest BCUT2D eigenvalue weighted by atomic mass is 32.2. The van der Waals surface area contributed by atoms with E-state index in [9.17, 15) is 14.4 Å². The molecule has 27 heavy (non-hydrogen) atoms. The Morgan fingerprint density at radius 3 is 3.00 bits per heavy atom. The molecule has 1 aromatic rings. The predicted molar refractivity (Wildman–Crippen MR) is 97.7 cm³/mol. The Morgan fingerprint density at radius 1 is 1.59 bits per heavy atom. The van der Waals surface area contributed by atoms with E-state index in [1.165, 1.54) is 28.9 Å². The Labute approximate surface area is 161 Å². The third kappa shape index (κ3) is 3.78. The number of nitrogens with one attached hydrogen (secondary N) is 1. The van der Waals surface area contributed by atoms with E-state index in [0.29, 0.717) is 0 Å². The smallest absolute Gasteiger partial charge is 0.333 e. The number of hydrogen-bond acceptors (Lipinski definition) is 10. The molecule has 1 saturated heterocycles. The molecule has 1 aromatic heterocycles. The fourth-order valence-electron chi connectivity index (χ4n) is 2.31. The molecule has 0 aliphatic carbocycles. The molecule has 11 nitrogen and oxygen atoms in total. The summed E-state index contributed by atoms with van der Waals surface area (Å²) >= 11 is 2.13. The number of β-lactam (4-membered cyclic amide) rings is 1. The molecule has 2 aliphatic heterocycles. The SMILES string of the molecule is C=CCON=C(C(=O)NC1C(=O)N2C=C(C(=O)O)CS[C@H]12)c1nsc(N)n1. The number of nitrogen functional groups attached to an aromatic ring is 1. The number of carboxylic acids is 1. The van der Waals surface area contributed by atoms with Crippen LogP contribution >= 0.6 is 23.3 Å². The summed E-state index contributed by atoms with van der Waals surface area (Å²) in [6, 6.07) is -0.824. The first-order chi connectivity index (χ1) is 12.9. The summed E-state index contributed by atoms with van der Waals surface area (Å²) in [7, 11) is 0. The highest BCUT2D eigenvalue weighted by molar-refractivity contribution is 8.00. The average molecular weight is 410 g/mol. The van der Waals surface area contributed by atoms with Gasteiger partial charge in [-0.2, -0.15) is 9.36 Å². The third-order valence-electron chi connectivity index (χ3n) is 3.56. The van der Waals surface area contributed by atoms with E-state index in [4.69, 9.17) is 15.7 Å². The lowest BCUT2D eigenvalue weighted by molar-refractivity contribution is -0.144. The Morgan fingerprint density at radius 2 is 2.37 bits per heavy atom. The van der Waals surface area contributed by atoms with Gasteiger partial charge in [0.15, 0.2) is 5.13 Å². The largest absolute Gasteiger partial charge is 0.478 e. The fraction of sp³-hybridized carbons (Fsp3) is 0.286. The molecule has 0 spiro atoms. The minimum atomic E-state index is -1.08. The Hall–Kier alpha value is -2.93. The minimum absolute atomic E-state index is 0.0213. The first-order valence-corrected chi connectivity index (χ1v) is 9.33. The van der Waals surface area contributed by atoms with E-state index in [0.717, 1.165) is 11.5 Å². The van der Waals surface area contributed by atoms with Crippen molar-refractivity contribution in [2.45, 2.75) is 11.4 Å². The van der Waals surface area contributed by atoms with E-state index in [2.05, 4.69) is 26.4 Å². The zero-order valence-corrected chi connectivity index (χ0v) is 15.3. The monoisotopic (exact) mass is 410 g/mol. The predicted octanol–water partition coefficient (Wildman–Crippen LogP) is -0.605. The van der Waals surface area contributed by atoms with Gasteiger partial charge >= 0.3 is 5.97 Å². The third-order valence-corrected chi connectivity index (χ3v) is 5.42. The van der Waals surface area contributed by atoms with Crippen molar-refractivity contribution in [1.82, 2.24) is 19.6 Å². The summed E-state index contributed by atoms with van der Waals surface area (Å²) in [4.78, 5) is 46.0. The Balaban J connectivity index is 1.73. The zero-order chi connectivity index (χ0) is 19.6. The average Bonchev–Trinajstić information content (AvgIpc) is 3.08. The van der Waals surface area contributed by atoms with Gasteiger partial charge in [0.25, 0.3) is 11.8 Å². The number of rotatable bonds is 7. The number of aliphatic carboxylic acids is 1. The summed E-state index contributed by atoms with van der Waals surface area (Å²) < 4.78 is 3.93. The molecule has 3 heterocycles. The normalized spacial score (nSPS) is 21.6. The van der Waals surface area contributed by atoms with Crippen molar-refractivity contribution in [3.05, 3.63) is 30.3 Å². The molecule has 13 heteroatoms. The van der Waals surface area contributed by atoms with Crippen LogP contribution in [0.1, 0.15) is 5.82 Å². The van der Waals surface area contributed by atoms with E-state index in [1.54, 1.807) is 0 Å². The van der Waals surface area contributed by atoms with Crippen molar-refractivity contribution in [3.8, 4) is 0 Å². The second kappa shape index (κ2) is 7.75. The second-order valence-corrected chi connectivity index (χ2v) is 7.23. The van der Waals surface area contributed by atoms with Crippen LogP contribution in [0.5, 0.6) is 0 Å². The van der Waals surface area contributed by atoms with Crippen molar-refractivity contribution < 1.29 is 24.3 Å². The van der Waals surface area contributed by atoms with Crippen LogP contribution in [0.25, 0.3) is 0 Å². The van der Waals surface area contributed by atoms with Crippen LogP contribution in [0.2, 0.25) is 0 Å². The quantitative estimate of drug-likeness (QED) is 0.175. The maximum atomic E-state index is 12.6. The molecule has 1 fully saturated rings. The van der Waals surface area contributed by atoms with Crippen molar-refractivity contribution in [2.75, 3.05) is 18.1 Å². The fourth-order valence-corrected chi connectivity index (χ4v) is 3.99. The molecule has 2 atom stereocenters. The van der Waals surface area contributed by atoms with Crippen molar-refractivity contribution in [3.63, 3.8) is 0 Å². The van der Waals surface area contributed by atoms with Crippen LogP contribution in [0.3, 0.4) is 0 Å². The van der Waals surface area contributed by atoms with Crippen LogP contribution < -0.4 is 11.1 Å². The van der Waals surface area contributed by atoms with E-state index in [1.807, 2.05) is 0 Å². The first kappa shape index (κ1) is 18.8. The summed E-state index contributed by atoms with van der Waals surface area (Å²) in [6.45, 7) is 3.54. The van der Waals surface area contributed by atoms with Gasteiger partial charge in [0.1, 0.15) is 18.0 Å². The number of carbonyl (C=O) groups is 3. The molecule has 3 rings (SSSR count). The van der Waals surface area contributed by atoms with Gasteiger partial charge < -0.3 is 25.9 Å². The highest BCUT2D eigenvalue weighted by Crippen LogP contribution is 2.36. The number of fused-ring (bicyclic) bond motifs is 1. The van der Waals surface area contributed by atoms with Crippen LogP contribution in [0, 0.1) is 0 Å². The molecule has 2 amide bonds. The number of anilines is 1. The number of hydrogen-bond donors (Lipinski definition) is 3. The Bertz CT molecular complexity index is 866. The van der Waals surface area contributed by atoms with E-state index in [-0.39, 0.29) is 34.6 Å². The molecule has 1 unspecified atom stereocenters. The maximum Gasteiger partial charge on any atom is 0.333 e. The lowest BCUT2D eigenvalue weighted by atomic mass is 10.1. The van der Waals surface area contributed by atoms with E-state index < -0.39 is 29.2 Å². The van der Waals surface area contributed by atoms with Gasteiger partial charge in [-0.15, -0.1) is 11.8 Å². The van der Waals surface area contributed by atoms with Crippen LogP contribution in [-0.2, 0) is 19.2 Å². The van der Waals surface area contributed by atoms with E-state index >= 15 is 0 Å². The maximum absolute atomic E-state index is 12.6. The molecule has 0 radical (unpaired) electrons. The van der Waals surface area contributed by atoms with Gasteiger partial charge in [-0.25, -0.2) is 4.79 Å². The van der Waals surface area contributed by atoms with Crippen molar-refractivity contribution >= 4 is 51.9 Å². The first-order valence-electron chi connectivity index (χ1n) is 7.51. The molecular formula is C14H14N6O5S2. The molecule has 4 N–H and O–H groups in total. The number of aromatic nitrogens is 2. The van der Waals surface area contributed by atoms with Gasteiger partial charge in [0.05, 0.1) is 5.57 Å². The lowest BCUT2D eigenvalue weighted by Crippen LogP contribution is -2.69. The van der Waals surface area contributed by atoms with Crippen LogP contribution in [0.15, 0.2) is 29.6 Å². The standard InChI is InChI=1S/C14H14N6O5S2/c1-2-3-25-18-7(9-17-14(15)27-19-9)10(21)16-8-11(22)20-4-6(13(23)24)5-26-12(8)20/h2,4,8,12H,1,3,5H2,(H,16,21)(H,23,24)(H2,15,17,19)/t8?,12-/m1/s1. The van der Waals surface area contributed by atoms with Gasteiger partial charge in [-0.3, -0.25) is 9.59 Å². The molecule has 0 bridgehead atoms. The summed E-state index contributed by atoms with van der Waals surface area (Å²) in [5.41, 5.74) is 5.44. The van der Waals surface area contributed by atoms with Crippen LogP contribution in [0.4, 0.5) is 5.13 Å². The molecule has 142 valence electrons. The summed E-state index contributed by atoms with van der Waals surface area (Å²) in [5.74, 6) is -2.00. The van der Waals surface area contributed by atoms with Gasteiger partial charge in [-0.1, -0.05) is 17.8 Å². The number of nitrogens with two attached hydrogens (primary N) is 1. The molecule has 0 aromatic carbocycles. The number of carboxylic acid groups (broad SMARTS) is 1. The molecule has 0 saturated carbocycles. The molecular weight excluding hydrogens is 396 g/mol. The zero-order valence-electron chi connectivity index (χ0n) is 13.7. The number of nitrogens with zero attached hydrogens (tertiary/aromatic N) is 4. The van der Waals surface area contributed by atoms with Crippen molar-refractivity contribution in [1.29, 1.82) is 0 Å². The summed E-state index contributed by atoms with van der Waals surface area (Å²) in [5, 5.41) is 15.0. The van der Waals surface area contributed by atoms with Crippen LogP contribution in [-0.4, -0.2) is 66.6 Å². The van der Waals surface area contributed by atoms with Gasteiger partial charge in [-0.05, 0) is 0 Å². The molecule has 2 aliphatic rings. The topological polar surface area (TPSA) is 160 Å². The van der Waals surface area contributed by atoms with Gasteiger partial charge in [0.2, 0.25) is 11.5 Å². The van der Waals surface area contributed by atoms with Crippen molar-refractivity contribution in [2.24, 2.45) is 5.16 Å². The number of thioether (sulfide) groups is 1. The Kier molecular flexibility index (Phi) is 5.41. The second-order valence-electron chi connectivity index (χ2n) is 5.34. The van der Waals surface area contributed by atoms with Gasteiger partial charge in [0, 0.05) is 23.5 Å².